The van der Waals surface area contributed by atoms with E-state index >= 15 is 0 Å². The van der Waals surface area contributed by atoms with Crippen molar-refractivity contribution in [3.8, 4) is 11.5 Å². The molecule has 22 heavy (non-hydrogen) atoms. The average molecular weight is 324 g/mol. The van der Waals surface area contributed by atoms with Crippen LogP contribution in [0.15, 0.2) is 18.2 Å². The second-order valence-corrected chi connectivity index (χ2v) is 6.84. The predicted octanol–water partition coefficient (Wildman–Crippen LogP) is 3.15. The zero-order valence-electron chi connectivity index (χ0n) is 14.4. The van der Waals surface area contributed by atoms with Crippen molar-refractivity contribution < 1.29 is 9.47 Å². The van der Waals surface area contributed by atoms with Gasteiger partial charge < -0.3 is 20.1 Å². The first-order valence-corrected chi connectivity index (χ1v) is 7.94. The van der Waals surface area contributed by atoms with Crippen molar-refractivity contribution in [1.82, 2.24) is 10.6 Å². The highest BCUT2D eigenvalue weighted by atomic mass is 32.1. The van der Waals surface area contributed by atoms with Crippen LogP contribution in [0.5, 0.6) is 11.5 Å². The highest BCUT2D eigenvalue weighted by Gasteiger charge is 2.20. The fourth-order valence-electron chi connectivity index (χ4n) is 1.82. The molecule has 2 N–H and O–H groups in total. The van der Waals surface area contributed by atoms with E-state index in [2.05, 4.69) is 38.3 Å². The number of nitrogens with one attached hydrogen (secondary N) is 2. The molecule has 0 radical (unpaired) electrons. The topological polar surface area (TPSA) is 42.5 Å². The van der Waals surface area contributed by atoms with E-state index in [-0.39, 0.29) is 5.41 Å². The third-order valence-corrected chi connectivity index (χ3v) is 4.06. The first-order valence-electron chi connectivity index (χ1n) is 7.53. The Bertz CT molecular complexity index is 498. The smallest absolute Gasteiger partial charge is 0.166 e. The van der Waals surface area contributed by atoms with Crippen molar-refractivity contribution in [2.75, 3.05) is 20.8 Å². The van der Waals surface area contributed by atoms with Gasteiger partial charge >= 0.3 is 0 Å². The van der Waals surface area contributed by atoms with Gasteiger partial charge in [-0.05, 0) is 48.7 Å². The number of hydrogen-bond acceptors (Lipinski definition) is 3. The van der Waals surface area contributed by atoms with Crippen LogP contribution in [0, 0.1) is 5.41 Å². The number of benzene rings is 1. The van der Waals surface area contributed by atoms with Gasteiger partial charge in [0.1, 0.15) is 0 Å². The molecule has 0 spiro atoms. The summed E-state index contributed by atoms with van der Waals surface area (Å²) in [5.41, 5.74) is 1.35. The molecule has 0 aliphatic carbocycles. The van der Waals surface area contributed by atoms with E-state index in [1.807, 2.05) is 18.2 Å². The second-order valence-electron chi connectivity index (χ2n) is 6.43. The van der Waals surface area contributed by atoms with E-state index in [1.165, 1.54) is 5.56 Å². The van der Waals surface area contributed by atoms with Gasteiger partial charge in [-0.25, -0.2) is 0 Å². The Morgan fingerprint density at radius 2 is 1.82 bits per heavy atom. The second kappa shape index (κ2) is 8.22. The molecule has 0 bridgehead atoms. The normalized spacial score (nSPS) is 12.5. The Balaban J connectivity index is 2.46. The van der Waals surface area contributed by atoms with Crippen LogP contribution in [0.2, 0.25) is 0 Å². The number of hydrogen-bond donors (Lipinski definition) is 2. The molecule has 0 aliphatic rings. The maximum absolute atomic E-state index is 5.34. The molecule has 0 saturated heterocycles. The first kappa shape index (κ1) is 18.6. The zero-order chi connectivity index (χ0) is 16.8. The SMILES string of the molecule is COc1ccc(CCNC(=S)NC(C)C(C)(C)C)cc1OC. The molecular formula is C17H28N2O2S. The van der Waals surface area contributed by atoms with Crippen LogP contribution >= 0.6 is 12.2 Å². The summed E-state index contributed by atoms with van der Waals surface area (Å²) >= 11 is 5.34. The van der Waals surface area contributed by atoms with E-state index in [9.17, 15) is 0 Å². The van der Waals surface area contributed by atoms with E-state index in [4.69, 9.17) is 21.7 Å². The monoisotopic (exact) mass is 324 g/mol. The van der Waals surface area contributed by atoms with Crippen LogP contribution in [0.3, 0.4) is 0 Å². The molecule has 0 saturated carbocycles. The van der Waals surface area contributed by atoms with Crippen molar-refractivity contribution in [2.24, 2.45) is 5.41 Å². The predicted molar refractivity (Wildman–Crippen MR) is 95.9 cm³/mol. The van der Waals surface area contributed by atoms with Gasteiger partial charge in [-0.15, -0.1) is 0 Å². The molecule has 0 amide bonds. The fourth-order valence-corrected chi connectivity index (χ4v) is 2.10. The molecule has 0 aliphatic heterocycles. The van der Waals surface area contributed by atoms with Crippen molar-refractivity contribution in [3.05, 3.63) is 23.8 Å². The van der Waals surface area contributed by atoms with Gasteiger partial charge in [0.15, 0.2) is 16.6 Å². The van der Waals surface area contributed by atoms with E-state index in [1.54, 1.807) is 14.2 Å². The lowest BCUT2D eigenvalue weighted by atomic mass is 9.88. The van der Waals surface area contributed by atoms with Crippen LogP contribution < -0.4 is 20.1 Å². The minimum atomic E-state index is 0.176. The molecule has 0 aromatic heterocycles. The molecule has 0 fully saturated rings. The van der Waals surface area contributed by atoms with Crippen molar-refractivity contribution in [3.63, 3.8) is 0 Å². The van der Waals surface area contributed by atoms with Gasteiger partial charge in [-0.3, -0.25) is 0 Å². The summed E-state index contributed by atoms with van der Waals surface area (Å²) in [4.78, 5) is 0. The van der Waals surface area contributed by atoms with Crippen LogP contribution in [0.1, 0.15) is 33.3 Å². The first-order chi connectivity index (χ1) is 10.3. The quantitative estimate of drug-likeness (QED) is 0.787. The molecule has 124 valence electrons. The van der Waals surface area contributed by atoms with E-state index in [0.717, 1.165) is 24.5 Å². The molecule has 1 aromatic rings. The Labute approximate surface area is 139 Å². The Hall–Kier alpha value is -1.49. The van der Waals surface area contributed by atoms with Gasteiger partial charge in [0.05, 0.1) is 14.2 Å². The van der Waals surface area contributed by atoms with Gasteiger partial charge in [-0.2, -0.15) is 0 Å². The summed E-state index contributed by atoms with van der Waals surface area (Å²) in [6.07, 6.45) is 0.867. The van der Waals surface area contributed by atoms with Crippen molar-refractivity contribution >= 4 is 17.3 Å². The molecule has 1 atom stereocenters. The summed E-state index contributed by atoms with van der Waals surface area (Å²) in [6, 6.07) is 6.27. The van der Waals surface area contributed by atoms with Gasteiger partial charge in [-0.1, -0.05) is 26.8 Å². The molecule has 1 rings (SSSR count). The van der Waals surface area contributed by atoms with E-state index < -0.39 is 0 Å². The maximum Gasteiger partial charge on any atom is 0.166 e. The number of ether oxygens (including phenoxy) is 2. The lowest BCUT2D eigenvalue weighted by Gasteiger charge is -2.29. The van der Waals surface area contributed by atoms with Crippen molar-refractivity contribution in [1.29, 1.82) is 0 Å². The summed E-state index contributed by atoms with van der Waals surface area (Å²) in [5.74, 6) is 1.50. The zero-order valence-corrected chi connectivity index (χ0v) is 15.3. The third kappa shape index (κ3) is 5.72. The lowest BCUT2D eigenvalue weighted by molar-refractivity contribution is 0.315. The van der Waals surface area contributed by atoms with Gasteiger partial charge in [0.25, 0.3) is 0 Å². The fraction of sp³-hybridized carbons (Fsp3) is 0.588. The molecular weight excluding hydrogens is 296 g/mol. The summed E-state index contributed by atoms with van der Waals surface area (Å²) in [7, 11) is 3.28. The maximum atomic E-state index is 5.34. The van der Waals surface area contributed by atoms with Gasteiger partial charge in [0, 0.05) is 12.6 Å². The molecule has 0 heterocycles. The average Bonchev–Trinajstić information content (AvgIpc) is 2.45. The highest BCUT2D eigenvalue weighted by molar-refractivity contribution is 7.80. The summed E-state index contributed by atoms with van der Waals surface area (Å²) in [6.45, 7) is 9.49. The Morgan fingerprint density at radius 1 is 1.18 bits per heavy atom. The van der Waals surface area contributed by atoms with Crippen LogP contribution in [-0.4, -0.2) is 31.9 Å². The lowest BCUT2D eigenvalue weighted by Crippen LogP contribution is -2.46. The van der Waals surface area contributed by atoms with E-state index in [0.29, 0.717) is 11.2 Å². The summed E-state index contributed by atoms with van der Waals surface area (Å²) < 4.78 is 10.5. The Morgan fingerprint density at radius 3 is 2.36 bits per heavy atom. The minimum Gasteiger partial charge on any atom is -0.493 e. The largest absolute Gasteiger partial charge is 0.493 e. The summed E-state index contributed by atoms with van der Waals surface area (Å²) in [5, 5.41) is 7.27. The third-order valence-electron chi connectivity index (χ3n) is 3.79. The Kier molecular flexibility index (Phi) is 6.94. The molecule has 1 unspecified atom stereocenters. The highest BCUT2D eigenvalue weighted by Crippen LogP contribution is 2.27. The number of methoxy groups -OCH3 is 2. The minimum absolute atomic E-state index is 0.176. The van der Waals surface area contributed by atoms with Gasteiger partial charge in [0.2, 0.25) is 0 Å². The molecule has 1 aromatic carbocycles. The van der Waals surface area contributed by atoms with Crippen LogP contribution in [0.25, 0.3) is 0 Å². The number of rotatable bonds is 6. The molecule has 4 nitrogen and oxygen atoms in total. The standard InChI is InChI=1S/C17H28N2O2S/c1-12(17(2,3)4)19-16(22)18-10-9-13-7-8-14(20-5)15(11-13)21-6/h7-8,11-12H,9-10H2,1-6H3,(H2,18,19,22). The van der Waals surface area contributed by atoms with Crippen LogP contribution in [0.4, 0.5) is 0 Å². The number of thiocarbonyl (C=S) groups is 1. The van der Waals surface area contributed by atoms with Crippen molar-refractivity contribution in [2.45, 2.75) is 40.2 Å². The molecule has 5 heteroatoms. The van der Waals surface area contributed by atoms with Crippen LogP contribution in [-0.2, 0) is 6.42 Å².